The van der Waals surface area contributed by atoms with Crippen molar-refractivity contribution >= 4 is 55.7 Å². The van der Waals surface area contributed by atoms with Gasteiger partial charge in [0, 0.05) is 23.0 Å². The minimum atomic E-state index is -0.869. The van der Waals surface area contributed by atoms with Crippen molar-refractivity contribution in [3.8, 4) is 5.75 Å². The van der Waals surface area contributed by atoms with Gasteiger partial charge in [-0.05, 0) is 60.2 Å². The van der Waals surface area contributed by atoms with Gasteiger partial charge in [0.1, 0.15) is 11.5 Å². The molecule has 0 radical (unpaired) electrons. The summed E-state index contributed by atoms with van der Waals surface area (Å²) >= 11 is 7.23. The number of fused-ring (bicyclic) bond motifs is 1. The summed E-state index contributed by atoms with van der Waals surface area (Å²) in [5.74, 6) is -1.18. The number of hydrogen-bond acceptors (Lipinski definition) is 7. The molecule has 0 spiro atoms. The van der Waals surface area contributed by atoms with Gasteiger partial charge in [-0.15, -0.1) is 0 Å². The van der Waals surface area contributed by atoms with Crippen molar-refractivity contribution in [3.63, 3.8) is 0 Å². The van der Waals surface area contributed by atoms with Gasteiger partial charge in [0.05, 0.1) is 28.9 Å². The van der Waals surface area contributed by atoms with Crippen LogP contribution in [0.25, 0.3) is 16.0 Å². The van der Waals surface area contributed by atoms with Crippen molar-refractivity contribution in [2.24, 2.45) is 0 Å². The smallest absolute Gasteiger partial charge is 0.301 e. The first-order chi connectivity index (χ1) is 16.0. The van der Waals surface area contributed by atoms with E-state index in [0.29, 0.717) is 32.5 Å². The summed E-state index contributed by atoms with van der Waals surface area (Å²) in [6, 6.07) is 14.3. The maximum atomic E-state index is 13.2. The zero-order valence-electron chi connectivity index (χ0n) is 17.2. The number of aliphatic hydroxyl groups is 1. The van der Waals surface area contributed by atoms with Crippen LogP contribution in [0, 0.1) is 0 Å². The Morgan fingerprint density at radius 3 is 2.52 bits per heavy atom. The molecule has 1 atom stereocenters. The highest BCUT2D eigenvalue weighted by molar-refractivity contribution is 7.22. The molecule has 1 unspecified atom stereocenters. The van der Waals surface area contributed by atoms with Gasteiger partial charge in [0.2, 0.25) is 0 Å². The molecule has 1 amide bonds. The first-order valence-electron chi connectivity index (χ1n) is 9.89. The van der Waals surface area contributed by atoms with E-state index in [4.69, 9.17) is 16.3 Å². The standard InChI is InChI=1S/C24H16ClN3O4S/c1-32-16-6-7-17-18(12-16)33-24(27-17)28-20(13-8-10-26-11-9-13)19(22(30)23(28)31)21(29)14-2-4-15(25)5-3-14/h2-12,20,29H,1H3. The quantitative estimate of drug-likeness (QED) is 0.253. The van der Waals surface area contributed by atoms with Gasteiger partial charge in [0.15, 0.2) is 5.13 Å². The van der Waals surface area contributed by atoms with Crippen molar-refractivity contribution in [3.05, 3.63) is 88.7 Å². The first kappa shape index (κ1) is 21.1. The third kappa shape index (κ3) is 3.63. The molecule has 0 aliphatic carbocycles. The summed E-state index contributed by atoms with van der Waals surface area (Å²) in [5.41, 5.74) is 1.65. The third-order valence-electron chi connectivity index (χ3n) is 5.37. The highest BCUT2D eigenvalue weighted by Gasteiger charge is 2.48. The lowest BCUT2D eigenvalue weighted by atomic mass is 9.96. The number of ketones is 1. The zero-order chi connectivity index (χ0) is 23.1. The van der Waals surface area contributed by atoms with E-state index in [0.717, 1.165) is 4.70 Å². The topological polar surface area (TPSA) is 92.6 Å². The van der Waals surface area contributed by atoms with Crippen molar-refractivity contribution in [1.29, 1.82) is 0 Å². The second-order valence-corrected chi connectivity index (χ2v) is 8.73. The van der Waals surface area contributed by atoms with Gasteiger partial charge in [-0.25, -0.2) is 4.98 Å². The number of Topliss-reactive ketones (excluding diaryl/α,β-unsaturated/α-hetero) is 1. The Morgan fingerprint density at radius 1 is 1.09 bits per heavy atom. The molecule has 9 heteroatoms. The van der Waals surface area contributed by atoms with E-state index in [2.05, 4.69) is 9.97 Å². The second kappa shape index (κ2) is 8.31. The van der Waals surface area contributed by atoms with E-state index in [-0.39, 0.29) is 11.3 Å². The van der Waals surface area contributed by atoms with E-state index < -0.39 is 17.7 Å². The number of rotatable bonds is 4. The first-order valence-corrected chi connectivity index (χ1v) is 11.1. The monoisotopic (exact) mass is 477 g/mol. The number of pyridine rings is 1. The van der Waals surface area contributed by atoms with Crippen molar-refractivity contribution < 1.29 is 19.4 Å². The molecule has 0 saturated carbocycles. The van der Waals surface area contributed by atoms with Gasteiger partial charge in [0.25, 0.3) is 5.78 Å². The van der Waals surface area contributed by atoms with Crippen molar-refractivity contribution in [2.45, 2.75) is 6.04 Å². The SMILES string of the molecule is COc1ccc2nc(N3C(=O)C(=O)C(=C(O)c4ccc(Cl)cc4)C3c3ccncc3)sc2c1. The van der Waals surface area contributed by atoms with Gasteiger partial charge < -0.3 is 9.84 Å². The van der Waals surface area contributed by atoms with Crippen LogP contribution in [-0.4, -0.2) is 33.9 Å². The lowest BCUT2D eigenvalue weighted by Gasteiger charge is -2.22. The summed E-state index contributed by atoms with van der Waals surface area (Å²) in [6.45, 7) is 0. The van der Waals surface area contributed by atoms with Crippen LogP contribution in [0.15, 0.2) is 72.6 Å². The number of hydrogen-bond donors (Lipinski definition) is 1. The molecule has 33 heavy (non-hydrogen) atoms. The molecule has 2 aromatic heterocycles. The Bertz CT molecular complexity index is 1420. The summed E-state index contributed by atoms with van der Waals surface area (Å²) in [6.07, 6.45) is 3.14. The number of aromatic nitrogens is 2. The number of amides is 1. The van der Waals surface area contributed by atoms with Crippen LogP contribution >= 0.6 is 22.9 Å². The predicted octanol–water partition coefficient (Wildman–Crippen LogP) is 4.98. The molecule has 2 aromatic carbocycles. The second-order valence-electron chi connectivity index (χ2n) is 7.29. The van der Waals surface area contributed by atoms with Crippen LogP contribution in [-0.2, 0) is 9.59 Å². The van der Waals surface area contributed by atoms with Gasteiger partial charge in [-0.2, -0.15) is 0 Å². The predicted molar refractivity (Wildman–Crippen MR) is 127 cm³/mol. The molecule has 5 rings (SSSR count). The van der Waals surface area contributed by atoms with Crippen LogP contribution in [0.3, 0.4) is 0 Å². The summed E-state index contributed by atoms with van der Waals surface area (Å²) in [5, 5.41) is 11.9. The average Bonchev–Trinajstić information content (AvgIpc) is 3.37. The van der Waals surface area contributed by atoms with Crippen LogP contribution < -0.4 is 9.64 Å². The largest absolute Gasteiger partial charge is 0.507 e. The van der Waals surface area contributed by atoms with E-state index in [1.807, 2.05) is 6.07 Å². The van der Waals surface area contributed by atoms with E-state index >= 15 is 0 Å². The lowest BCUT2D eigenvalue weighted by molar-refractivity contribution is -0.132. The molecular weight excluding hydrogens is 462 g/mol. The number of thiazole rings is 1. The van der Waals surface area contributed by atoms with E-state index in [1.165, 1.54) is 16.2 Å². The van der Waals surface area contributed by atoms with Crippen LogP contribution in [0.4, 0.5) is 5.13 Å². The van der Waals surface area contributed by atoms with Crippen LogP contribution in [0.2, 0.25) is 5.02 Å². The molecule has 164 valence electrons. The fourth-order valence-corrected chi connectivity index (χ4v) is 4.92. The highest BCUT2D eigenvalue weighted by Crippen LogP contribution is 2.44. The molecule has 4 aromatic rings. The number of anilines is 1. The highest BCUT2D eigenvalue weighted by atomic mass is 35.5. The molecule has 1 fully saturated rings. The summed E-state index contributed by atoms with van der Waals surface area (Å²) < 4.78 is 6.08. The van der Waals surface area contributed by atoms with Crippen LogP contribution in [0.5, 0.6) is 5.75 Å². The number of halogens is 1. The number of nitrogens with zero attached hydrogens (tertiary/aromatic N) is 3. The minimum Gasteiger partial charge on any atom is -0.507 e. The normalized spacial score (nSPS) is 17.6. The Labute approximate surface area is 197 Å². The fraction of sp³-hybridized carbons (Fsp3) is 0.0833. The number of benzene rings is 2. The fourth-order valence-electron chi connectivity index (χ4n) is 3.78. The van der Waals surface area contributed by atoms with Gasteiger partial charge in [-0.3, -0.25) is 19.5 Å². The third-order valence-corrected chi connectivity index (χ3v) is 6.64. The molecular formula is C24H16ClN3O4S. The van der Waals surface area contributed by atoms with Crippen molar-refractivity contribution in [1.82, 2.24) is 9.97 Å². The maximum Gasteiger partial charge on any atom is 0.301 e. The lowest BCUT2D eigenvalue weighted by Crippen LogP contribution is -2.29. The number of ether oxygens (including phenoxy) is 1. The Balaban J connectivity index is 1.71. The Morgan fingerprint density at radius 2 is 1.82 bits per heavy atom. The average molecular weight is 478 g/mol. The molecule has 1 saturated heterocycles. The number of aliphatic hydroxyl groups excluding tert-OH is 1. The number of carbonyl (C=O) groups excluding carboxylic acids is 2. The number of methoxy groups -OCH3 is 1. The van der Waals surface area contributed by atoms with E-state index in [9.17, 15) is 14.7 Å². The molecule has 0 bridgehead atoms. The zero-order valence-corrected chi connectivity index (χ0v) is 18.8. The van der Waals surface area contributed by atoms with Crippen molar-refractivity contribution in [2.75, 3.05) is 12.0 Å². The Hall–Kier alpha value is -3.75. The molecule has 1 aliphatic rings. The minimum absolute atomic E-state index is 0.0228. The molecule has 3 heterocycles. The maximum absolute atomic E-state index is 13.2. The molecule has 1 aliphatic heterocycles. The van der Waals surface area contributed by atoms with E-state index in [1.54, 1.807) is 68.0 Å². The van der Waals surface area contributed by atoms with Gasteiger partial charge >= 0.3 is 5.91 Å². The summed E-state index contributed by atoms with van der Waals surface area (Å²) in [4.78, 5) is 36.4. The number of carbonyl (C=O) groups is 2. The van der Waals surface area contributed by atoms with Gasteiger partial charge in [-0.1, -0.05) is 22.9 Å². The Kier molecular flexibility index (Phi) is 5.32. The molecule has 1 N–H and O–H groups in total. The summed E-state index contributed by atoms with van der Waals surface area (Å²) in [7, 11) is 1.57. The molecule has 7 nitrogen and oxygen atoms in total. The van der Waals surface area contributed by atoms with Crippen LogP contribution in [0.1, 0.15) is 17.2 Å².